The van der Waals surface area contributed by atoms with Crippen LogP contribution < -0.4 is 0 Å². The Bertz CT molecular complexity index is 654. The normalized spacial score (nSPS) is 51.4. The van der Waals surface area contributed by atoms with Crippen molar-refractivity contribution in [1.29, 1.82) is 0 Å². The van der Waals surface area contributed by atoms with E-state index in [1.54, 1.807) is 0 Å². The number of carbonyl (C=O) groups is 1. The summed E-state index contributed by atoms with van der Waals surface area (Å²) in [6.07, 6.45) is 5.85. The molecule has 0 aromatic rings. The highest BCUT2D eigenvalue weighted by Crippen LogP contribution is 2.68. The number of fused-ring (bicyclic) bond motifs is 5. The summed E-state index contributed by atoms with van der Waals surface area (Å²) in [4.78, 5) is 15.2. The van der Waals surface area contributed by atoms with Crippen LogP contribution in [-0.2, 0) is 9.68 Å². The second-order valence-electron chi connectivity index (χ2n) is 11.5. The third-order valence-corrected chi connectivity index (χ3v) is 10.4. The Kier molecular flexibility index (Phi) is 6.02. The van der Waals surface area contributed by atoms with E-state index >= 15 is 0 Å². The molecule has 4 N–H and O–H groups in total. The van der Waals surface area contributed by atoms with Crippen molar-refractivity contribution in [2.75, 3.05) is 0 Å². The van der Waals surface area contributed by atoms with E-state index in [1.807, 2.05) is 0 Å². The van der Waals surface area contributed by atoms with Crippen LogP contribution >= 0.6 is 0 Å². The molecule has 4 saturated carbocycles. The van der Waals surface area contributed by atoms with Crippen LogP contribution in [0.1, 0.15) is 78.6 Å². The van der Waals surface area contributed by atoms with Crippen molar-refractivity contribution in [3.8, 4) is 0 Å². The topological polar surface area (TPSA) is 107 Å². The predicted octanol–water partition coefficient (Wildman–Crippen LogP) is 3.38. The van der Waals surface area contributed by atoms with Gasteiger partial charge in [0.05, 0.1) is 18.3 Å². The van der Waals surface area contributed by atoms with Gasteiger partial charge in [-0.15, -0.1) is 0 Å². The third-order valence-electron chi connectivity index (χ3n) is 10.4. The van der Waals surface area contributed by atoms with Gasteiger partial charge in [0.25, 0.3) is 0 Å². The monoisotopic (exact) mass is 424 g/mol. The molecule has 0 saturated heterocycles. The summed E-state index contributed by atoms with van der Waals surface area (Å²) < 4.78 is 0. The van der Waals surface area contributed by atoms with Crippen LogP contribution in [0.5, 0.6) is 0 Å². The van der Waals surface area contributed by atoms with Gasteiger partial charge in [0.1, 0.15) is 0 Å². The van der Waals surface area contributed by atoms with Gasteiger partial charge in [-0.05, 0) is 97.7 Å². The molecule has 6 nitrogen and oxygen atoms in total. The van der Waals surface area contributed by atoms with Gasteiger partial charge in [-0.1, -0.05) is 20.8 Å². The molecule has 0 heterocycles. The highest BCUT2D eigenvalue weighted by atomic mass is 17.1. The van der Waals surface area contributed by atoms with Crippen LogP contribution in [0.15, 0.2) is 0 Å². The van der Waals surface area contributed by atoms with Gasteiger partial charge in [-0.3, -0.25) is 0 Å². The zero-order valence-electron chi connectivity index (χ0n) is 18.7. The molecule has 30 heavy (non-hydrogen) atoms. The zero-order valence-corrected chi connectivity index (χ0v) is 18.7. The van der Waals surface area contributed by atoms with Crippen molar-refractivity contribution in [3.63, 3.8) is 0 Å². The minimum Gasteiger partial charge on any atom is -0.393 e. The van der Waals surface area contributed by atoms with Crippen molar-refractivity contribution < 1.29 is 30.3 Å². The quantitative estimate of drug-likeness (QED) is 0.407. The van der Waals surface area contributed by atoms with E-state index in [-0.39, 0.29) is 53.1 Å². The molecule has 0 amide bonds. The van der Waals surface area contributed by atoms with Crippen molar-refractivity contribution >= 4 is 5.97 Å². The smallest absolute Gasteiger partial charge is 0.342 e. The van der Waals surface area contributed by atoms with Crippen LogP contribution in [0.25, 0.3) is 0 Å². The van der Waals surface area contributed by atoms with Crippen molar-refractivity contribution in [3.05, 3.63) is 0 Å². The van der Waals surface area contributed by atoms with E-state index in [0.29, 0.717) is 18.3 Å². The zero-order chi connectivity index (χ0) is 21.8. The summed E-state index contributed by atoms with van der Waals surface area (Å²) in [5.74, 6) is 1.03. The van der Waals surface area contributed by atoms with E-state index in [2.05, 4.69) is 25.7 Å². The van der Waals surface area contributed by atoms with Gasteiger partial charge < -0.3 is 20.2 Å². The Hall–Kier alpha value is -0.690. The Morgan fingerprint density at radius 2 is 1.80 bits per heavy atom. The molecule has 4 aliphatic carbocycles. The van der Waals surface area contributed by atoms with Gasteiger partial charge in [0.15, 0.2) is 0 Å². The largest absolute Gasteiger partial charge is 0.393 e. The molecule has 0 spiro atoms. The SMILES string of the molecule is CC(CCC(=O)OO)C1CCC2C3C(O)CC4CC(O)CCC4(C)C3CC(O)C12C. The van der Waals surface area contributed by atoms with E-state index in [1.165, 1.54) is 0 Å². The molecule has 0 aromatic carbocycles. The molecule has 0 bridgehead atoms. The first kappa shape index (κ1) is 22.5. The van der Waals surface area contributed by atoms with E-state index < -0.39 is 12.1 Å². The lowest BCUT2D eigenvalue weighted by atomic mass is 9.43. The molecule has 4 aliphatic rings. The lowest BCUT2D eigenvalue weighted by Crippen LogP contribution is -2.62. The molecule has 11 atom stereocenters. The fourth-order valence-corrected chi connectivity index (χ4v) is 8.72. The Morgan fingerprint density at radius 1 is 1.07 bits per heavy atom. The lowest BCUT2D eigenvalue weighted by Gasteiger charge is -2.63. The minimum absolute atomic E-state index is 0.0834. The number of aliphatic hydroxyl groups excluding tert-OH is 3. The molecule has 0 radical (unpaired) electrons. The Morgan fingerprint density at radius 3 is 2.50 bits per heavy atom. The van der Waals surface area contributed by atoms with Crippen molar-refractivity contribution in [1.82, 2.24) is 0 Å². The van der Waals surface area contributed by atoms with Crippen LogP contribution in [-0.4, -0.2) is 44.9 Å². The Balaban J connectivity index is 1.58. The van der Waals surface area contributed by atoms with Crippen molar-refractivity contribution in [2.24, 2.45) is 46.3 Å². The van der Waals surface area contributed by atoms with E-state index in [9.17, 15) is 20.1 Å². The first-order valence-corrected chi connectivity index (χ1v) is 12.0. The van der Waals surface area contributed by atoms with Gasteiger partial charge in [-0.25, -0.2) is 4.79 Å². The number of aliphatic hydroxyl groups is 3. The number of hydrogen-bond acceptors (Lipinski definition) is 6. The standard InChI is InChI=1S/C24H40O6/c1-13(4-7-21(28)30-29)16-5-6-17-22-18(12-20(27)24(16,17)3)23(2)9-8-15(25)10-14(23)11-19(22)26/h13-20,22,25-27,29H,4-12H2,1-3H3. The second kappa shape index (κ2) is 8.02. The molecule has 0 aliphatic heterocycles. The predicted molar refractivity (Wildman–Crippen MR) is 111 cm³/mol. The highest BCUT2D eigenvalue weighted by molar-refractivity contribution is 5.68. The minimum atomic E-state index is -0.605. The maximum absolute atomic E-state index is 11.5. The molecule has 0 aromatic heterocycles. The number of rotatable bonds is 4. The Labute approximate surface area is 179 Å². The average Bonchev–Trinajstić information content (AvgIpc) is 3.06. The summed E-state index contributed by atoms with van der Waals surface area (Å²) in [5.41, 5.74) is -0.178. The summed E-state index contributed by atoms with van der Waals surface area (Å²) in [7, 11) is 0. The van der Waals surface area contributed by atoms with Gasteiger partial charge in [0, 0.05) is 6.42 Å². The third kappa shape index (κ3) is 3.33. The molecule has 4 rings (SSSR count). The molecular weight excluding hydrogens is 384 g/mol. The van der Waals surface area contributed by atoms with Crippen LogP contribution in [0.3, 0.4) is 0 Å². The van der Waals surface area contributed by atoms with Crippen LogP contribution in [0.2, 0.25) is 0 Å². The van der Waals surface area contributed by atoms with Crippen molar-refractivity contribution in [2.45, 2.75) is 96.9 Å². The van der Waals surface area contributed by atoms with Crippen LogP contribution in [0.4, 0.5) is 0 Å². The number of hydrogen-bond donors (Lipinski definition) is 4. The number of carbonyl (C=O) groups excluding carboxylic acids is 1. The lowest BCUT2D eigenvalue weighted by molar-refractivity contribution is -0.234. The fraction of sp³-hybridized carbons (Fsp3) is 0.958. The molecule has 11 unspecified atom stereocenters. The molecule has 4 fully saturated rings. The van der Waals surface area contributed by atoms with Gasteiger partial charge in [-0.2, -0.15) is 5.26 Å². The van der Waals surface area contributed by atoms with E-state index in [4.69, 9.17) is 5.26 Å². The highest BCUT2D eigenvalue weighted by Gasteiger charge is 2.65. The van der Waals surface area contributed by atoms with E-state index in [0.717, 1.165) is 44.9 Å². The van der Waals surface area contributed by atoms with Crippen LogP contribution in [0, 0.1) is 46.3 Å². The first-order chi connectivity index (χ1) is 14.1. The second-order valence-corrected chi connectivity index (χ2v) is 11.5. The summed E-state index contributed by atoms with van der Waals surface area (Å²) in [6, 6.07) is 0. The summed E-state index contributed by atoms with van der Waals surface area (Å²) in [5, 5.41) is 41.5. The summed E-state index contributed by atoms with van der Waals surface area (Å²) in [6.45, 7) is 6.69. The molecular formula is C24H40O6. The fourth-order valence-electron chi connectivity index (χ4n) is 8.72. The molecule has 6 heteroatoms. The maximum Gasteiger partial charge on any atom is 0.342 e. The average molecular weight is 425 g/mol. The molecule has 172 valence electrons. The first-order valence-electron chi connectivity index (χ1n) is 12.0. The summed E-state index contributed by atoms with van der Waals surface area (Å²) >= 11 is 0. The van der Waals surface area contributed by atoms with Gasteiger partial charge in [0.2, 0.25) is 0 Å². The maximum atomic E-state index is 11.5. The van der Waals surface area contributed by atoms with Gasteiger partial charge >= 0.3 is 5.97 Å².